The zero-order valence-corrected chi connectivity index (χ0v) is 10.7. The molecular weight excluding hydrogens is 182 g/mol. The van der Waals surface area contributed by atoms with Crippen LogP contribution in [-0.4, -0.2) is 31.2 Å². The van der Waals surface area contributed by atoms with E-state index in [9.17, 15) is 0 Å². The molecule has 88 valence electrons. The molecule has 0 N–H and O–H groups in total. The Morgan fingerprint density at radius 2 is 1.47 bits per heavy atom. The van der Waals surface area contributed by atoms with Crippen LogP contribution in [-0.2, 0) is 0 Å². The minimum absolute atomic E-state index is 1.06. The second-order valence-corrected chi connectivity index (χ2v) is 4.70. The van der Waals surface area contributed by atoms with Crippen molar-refractivity contribution in [2.75, 3.05) is 26.7 Å². The first-order chi connectivity index (χ1) is 7.18. The van der Waals surface area contributed by atoms with Gasteiger partial charge in [0.25, 0.3) is 0 Å². The fourth-order valence-corrected chi connectivity index (χ4v) is 1.98. The topological polar surface area (TPSA) is 0 Å². The maximum atomic E-state index is 3.84. The highest BCUT2D eigenvalue weighted by molar-refractivity contribution is 4.70. The van der Waals surface area contributed by atoms with E-state index in [4.69, 9.17) is 0 Å². The highest BCUT2D eigenvalue weighted by Gasteiger charge is 2.16. The molecule has 15 heavy (non-hydrogen) atoms. The lowest BCUT2D eigenvalue weighted by molar-refractivity contribution is -0.898. The highest BCUT2D eigenvalue weighted by atomic mass is 15.3. The van der Waals surface area contributed by atoms with Crippen molar-refractivity contribution in [3.05, 3.63) is 25.3 Å². The van der Waals surface area contributed by atoms with Crippen LogP contribution in [0, 0.1) is 0 Å². The maximum Gasteiger partial charge on any atom is 0.0971 e. The van der Waals surface area contributed by atoms with Crippen LogP contribution in [0.3, 0.4) is 0 Å². The zero-order valence-electron chi connectivity index (χ0n) is 10.7. The van der Waals surface area contributed by atoms with Crippen molar-refractivity contribution in [1.29, 1.82) is 0 Å². The molecule has 0 saturated carbocycles. The second-order valence-electron chi connectivity index (χ2n) is 4.70. The number of hydrogen-bond acceptors (Lipinski definition) is 0. The summed E-state index contributed by atoms with van der Waals surface area (Å²) >= 11 is 0. The van der Waals surface area contributed by atoms with Gasteiger partial charge < -0.3 is 4.48 Å². The Kier molecular flexibility index (Phi) is 8.40. The third-order valence-electron chi connectivity index (χ3n) is 2.94. The Balaban J connectivity index is 3.74. The van der Waals surface area contributed by atoms with E-state index in [0.717, 1.165) is 17.6 Å². The van der Waals surface area contributed by atoms with Gasteiger partial charge in [-0.2, -0.15) is 0 Å². The Bertz CT molecular complexity index is 162. The van der Waals surface area contributed by atoms with Crippen molar-refractivity contribution in [3.8, 4) is 0 Å². The first-order valence-electron chi connectivity index (χ1n) is 6.24. The lowest BCUT2D eigenvalue weighted by Gasteiger charge is -2.32. The summed E-state index contributed by atoms with van der Waals surface area (Å²) in [6, 6.07) is 0. The monoisotopic (exact) mass is 210 g/mol. The SMILES string of the molecule is C=CC[N+](C)(CC=C)CCCCCCC. The molecular formula is C14H28N+. The van der Waals surface area contributed by atoms with Gasteiger partial charge in [0.1, 0.15) is 0 Å². The van der Waals surface area contributed by atoms with Gasteiger partial charge in [-0.3, -0.25) is 0 Å². The van der Waals surface area contributed by atoms with E-state index < -0.39 is 0 Å². The standard InChI is InChI=1S/C14H28N/c1-5-8-9-10-11-14-15(4,12-6-2)13-7-3/h6-7H,2-3,5,8-14H2,1,4H3/q+1. The fourth-order valence-electron chi connectivity index (χ4n) is 1.98. The van der Waals surface area contributed by atoms with Crippen LogP contribution >= 0.6 is 0 Å². The first kappa shape index (κ1) is 14.4. The Labute approximate surface area is 96.1 Å². The summed E-state index contributed by atoms with van der Waals surface area (Å²) < 4.78 is 1.07. The molecule has 0 aromatic heterocycles. The number of quaternary nitrogens is 1. The van der Waals surface area contributed by atoms with Gasteiger partial charge in [0.05, 0.1) is 26.7 Å². The Hall–Kier alpha value is -0.560. The first-order valence-corrected chi connectivity index (χ1v) is 6.24. The minimum Gasteiger partial charge on any atom is -0.320 e. The molecule has 0 heterocycles. The zero-order chi connectivity index (χ0) is 11.6. The van der Waals surface area contributed by atoms with Gasteiger partial charge in [-0.05, 0) is 25.0 Å². The van der Waals surface area contributed by atoms with Gasteiger partial charge in [-0.1, -0.05) is 39.3 Å². The molecule has 0 aromatic rings. The van der Waals surface area contributed by atoms with E-state index in [0.29, 0.717) is 0 Å². The molecule has 0 amide bonds. The third-order valence-corrected chi connectivity index (χ3v) is 2.94. The summed E-state index contributed by atoms with van der Waals surface area (Å²) in [6.07, 6.45) is 10.8. The summed E-state index contributed by atoms with van der Waals surface area (Å²) in [7, 11) is 2.29. The molecule has 0 saturated heterocycles. The van der Waals surface area contributed by atoms with Crippen molar-refractivity contribution in [2.24, 2.45) is 0 Å². The lowest BCUT2D eigenvalue weighted by Crippen LogP contribution is -2.44. The summed E-state index contributed by atoms with van der Waals surface area (Å²) in [5.74, 6) is 0. The second kappa shape index (κ2) is 8.72. The molecule has 1 nitrogen and oxygen atoms in total. The molecule has 0 radical (unpaired) electrons. The average Bonchev–Trinajstić information content (AvgIpc) is 2.18. The molecule has 0 aliphatic heterocycles. The fraction of sp³-hybridized carbons (Fsp3) is 0.714. The molecule has 0 atom stereocenters. The molecule has 0 bridgehead atoms. The molecule has 0 aromatic carbocycles. The van der Waals surface area contributed by atoms with Crippen molar-refractivity contribution < 1.29 is 4.48 Å². The maximum absolute atomic E-state index is 3.84. The summed E-state index contributed by atoms with van der Waals surface area (Å²) in [4.78, 5) is 0. The van der Waals surface area contributed by atoms with Crippen LogP contribution in [0.25, 0.3) is 0 Å². The van der Waals surface area contributed by atoms with E-state index in [1.54, 1.807) is 0 Å². The molecule has 0 aliphatic carbocycles. The largest absolute Gasteiger partial charge is 0.320 e. The molecule has 0 fully saturated rings. The summed E-state index contributed by atoms with van der Waals surface area (Å²) in [6.45, 7) is 13.3. The van der Waals surface area contributed by atoms with E-state index >= 15 is 0 Å². The van der Waals surface area contributed by atoms with Gasteiger partial charge in [0.2, 0.25) is 0 Å². The van der Waals surface area contributed by atoms with Gasteiger partial charge >= 0.3 is 0 Å². The van der Waals surface area contributed by atoms with Crippen LogP contribution in [0.2, 0.25) is 0 Å². The number of likely N-dealkylation sites (N-methyl/N-ethyl adjacent to an activating group) is 1. The number of rotatable bonds is 10. The highest BCUT2D eigenvalue weighted by Crippen LogP contribution is 2.09. The Morgan fingerprint density at radius 3 is 1.93 bits per heavy atom. The lowest BCUT2D eigenvalue weighted by atomic mass is 10.1. The van der Waals surface area contributed by atoms with E-state index in [2.05, 4.69) is 27.1 Å². The predicted octanol–water partition coefficient (Wildman–Crippen LogP) is 3.78. The third kappa shape index (κ3) is 7.38. The molecule has 0 aliphatic rings. The molecule has 0 spiro atoms. The van der Waals surface area contributed by atoms with Crippen LogP contribution in [0.5, 0.6) is 0 Å². The van der Waals surface area contributed by atoms with E-state index in [1.165, 1.54) is 38.6 Å². The van der Waals surface area contributed by atoms with Gasteiger partial charge in [0, 0.05) is 0 Å². The summed E-state index contributed by atoms with van der Waals surface area (Å²) in [5.41, 5.74) is 0. The predicted molar refractivity (Wildman–Crippen MR) is 69.9 cm³/mol. The Morgan fingerprint density at radius 1 is 0.933 bits per heavy atom. The van der Waals surface area contributed by atoms with E-state index in [1.807, 2.05) is 12.2 Å². The van der Waals surface area contributed by atoms with Gasteiger partial charge in [0.15, 0.2) is 0 Å². The smallest absolute Gasteiger partial charge is 0.0971 e. The molecule has 1 heteroatoms. The normalized spacial score (nSPS) is 11.3. The number of nitrogens with zero attached hydrogens (tertiary/aromatic N) is 1. The summed E-state index contributed by atoms with van der Waals surface area (Å²) in [5, 5.41) is 0. The van der Waals surface area contributed by atoms with Crippen molar-refractivity contribution in [1.82, 2.24) is 0 Å². The van der Waals surface area contributed by atoms with Crippen molar-refractivity contribution in [2.45, 2.75) is 39.0 Å². The van der Waals surface area contributed by atoms with Crippen LogP contribution in [0.1, 0.15) is 39.0 Å². The van der Waals surface area contributed by atoms with Gasteiger partial charge in [-0.15, -0.1) is 0 Å². The quantitative estimate of drug-likeness (QED) is 0.292. The van der Waals surface area contributed by atoms with Crippen LogP contribution in [0.15, 0.2) is 25.3 Å². The van der Waals surface area contributed by atoms with E-state index in [-0.39, 0.29) is 0 Å². The number of unbranched alkanes of at least 4 members (excludes halogenated alkanes) is 4. The molecule has 0 rings (SSSR count). The van der Waals surface area contributed by atoms with Crippen molar-refractivity contribution >= 4 is 0 Å². The van der Waals surface area contributed by atoms with Crippen LogP contribution in [0.4, 0.5) is 0 Å². The number of hydrogen-bond donors (Lipinski definition) is 0. The van der Waals surface area contributed by atoms with Crippen LogP contribution < -0.4 is 0 Å². The molecule has 0 unspecified atom stereocenters. The average molecular weight is 210 g/mol. The minimum atomic E-state index is 1.06. The van der Waals surface area contributed by atoms with Gasteiger partial charge in [-0.25, -0.2) is 0 Å². The van der Waals surface area contributed by atoms with Crippen molar-refractivity contribution in [3.63, 3.8) is 0 Å².